The summed E-state index contributed by atoms with van der Waals surface area (Å²) in [6.07, 6.45) is -1.52. The van der Waals surface area contributed by atoms with Crippen molar-refractivity contribution in [1.29, 1.82) is 0 Å². The highest BCUT2D eigenvalue weighted by Crippen LogP contribution is 2.06. The molecule has 0 saturated carbocycles. The fraction of sp³-hybridized carbons (Fsp3) is 0.400. The van der Waals surface area contributed by atoms with E-state index in [-0.39, 0.29) is 5.96 Å². The van der Waals surface area contributed by atoms with Crippen molar-refractivity contribution in [3.8, 4) is 0 Å². The van der Waals surface area contributed by atoms with E-state index in [2.05, 4.69) is 37.4 Å². The Labute approximate surface area is 114 Å². The van der Waals surface area contributed by atoms with Gasteiger partial charge in [0.1, 0.15) is 27.3 Å². The number of nitrogens with one attached hydrogen (secondary N) is 6. The average molecular weight is 304 g/mol. The standard InChI is InChI=1S/C5H8N10O6/c16-13(17)4(14(18)19)3-6-1-2(8-10-3)7-5(11-9-1)12-15(20)21/h1-2,6,8-10H,(H2,7,11,12). The van der Waals surface area contributed by atoms with Crippen LogP contribution in [0.5, 0.6) is 0 Å². The van der Waals surface area contributed by atoms with E-state index in [0.29, 0.717) is 0 Å². The molecule has 0 amide bonds. The lowest BCUT2D eigenvalue weighted by atomic mass is 10.3. The fourth-order valence-electron chi connectivity index (χ4n) is 1.58. The molecule has 0 aromatic rings. The van der Waals surface area contributed by atoms with E-state index >= 15 is 0 Å². The summed E-state index contributed by atoms with van der Waals surface area (Å²) in [5.41, 5.74) is 9.52. The number of nitro groups is 3. The zero-order chi connectivity index (χ0) is 15.6. The molecule has 0 spiro atoms. The molecule has 16 heteroatoms. The number of hydrogen-bond donors (Lipinski definition) is 6. The Morgan fingerprint density at radius 2 is 1.52 bits per heavy atom. The Hall–Kier alpha value is -3.27. The van der Waals surface area contributed by atoms with Crippen LogP contribution in [0.4, 0.5) is 0 Å². The molecule has 2 atom stereocenters. The molecule has 0 aromatic heterocycles. The molecule has 2 rings (SSSR count). The molecule has 2 aliphatic rings. The second-order valence-electron chi connectivity index (χ2n) is 3.68. The minimum Gasteiger partial charge on any atom is -0.339 e. The van der Waals surface area contributed by atoms with E-state index in [1.165, 1.54) is 0 Å². The summed E-state index contributed by atoms with van der Waals surface area (Å²) in [6.45, 7) is 0. The predicted octanol–water partition coefficient (Wildman–Crippen LogP) is -3.74. The van der Waals surface area contributed by atoms with Crippen LogP contribution in [-0.2, 0) is 0 Å². The Balaban J connectivity index is 2.14. The van der Waals surface area contributed by atoms with E-state index < -0.39 is 38.9 Å². The van der Waals surface area contributed by atoms with Gasteiger partial charge in [-0.2, -0.15) is 0 Å². The Morgan fingerprint density at radius 3 is 2.10 bits per heavy atom. The van der Waals surface area contributed by atoms with Gasteiger partial charge in [0.2, 0.25) is 0 Å². The summed E-state index contributed by atoms with van der Waals surface area (Å²) in [5, 5.41) is 38.5. The zero-order valence-corrected chi connectivity index (χ0v) is 9.89. The van der Waals surface area contributed by atoms with Crippen molar-refractivity contribution in [2.45, 2.75) is 12.3 Å². The molecule has 16 nitrogen and oxygen atoms in total. The maximum absolute atomic E-state index is 10.6. The lowest BCUT2D eigenvalue weighted by molar-refractivity contribution is -0.618. The van der Waals surface area contributed by atoms with Gasteiger partial charge in [-0.25, -0.2) is 21.0 Å². The molecule has 2 heterocycles. The van der Waals surface area contributed by atoms with Crippen molar-refractivity contribution in [3.05, 3.63) is 42.0 Å². The summed E-state index contributed by atoms with van der Waals surface area (Å²) >= 11 is 0. The van der Waals surface area contributed by atoms with Crippen molar-refractivity contribution in [1.82, 2.24) is 32.3 Å². The lowest BCUT2D eigenvalue weighted by Crippen LogP contribution is -2.78. The first kappa shape index (κ1) is 14.1. The molecular weight excluding hydrogens is 296 g/mol. The molecule has 114 valence electrons. The summed E-state index contributed by atoms with van der Waals surface area (Å²) < 4.78 is 0. The van der Waals surface area contributed by atoms with Crippen molar-refractivity contribution in [3.63, 3.8) is 0 Å². The van der Waals surface area contributed by atoms with Crippen molar-refractivity contribution in [2.75, 3.05) is 0 Å². The van der Waals surface area contributed by atoms with E-state index in [4.69, 9.17) is 0 Å². The Bertz CT molecular complexity index is 540. The molecule has 2 aliphatic heterocycles. The summed E-state index contributed by atoms with van der Waals surface area (Å²) in [6, 6.07) is 0. The topological polar surface area (TPSA) is 214 Å². The number of hydrogen-bond acceptors (Lipinski definition) is 10. The van der Waals surface area contributed by atoms with E-state index in [1.54, 1.807) is 0 Å². The maximum Gasteiger partial charge on any atom is 0.600 e. The van der Waals surface area contributed by atoms with E-state index in [1.807, 2.05) is 0 Å². The second-order valence-corrected chi connectivity index (χ2v) is 3.68. The summed E-state index contributed by atoms with van der Waals surface area (Å²) in [4.78, 5) is 29.1. The van der Waals surface area contributed by atoms with Gasteiger partial charge < -0.3 is 10.6 Å². The molecule has 0 aromatic carbocycles. The molecule has 6 N–H and O–H groups in total. The predicted molar refractivity (Wildman–Crippen MR) is 61.8 cm³/mol. The fourth-order valence-corrected chi connectivity index (χ4v) is 1.58. The zero-order valence-electron chi connectivity index (χ0n) is 9.89. The van der Waals surface area contributed by atoms with Crippen LogP contribution in [-0.4, -0.2) is 33.2 Å². The van der Waals surface area contributed by atoms with Gasteiger partial charge in [0, 0.05) is 0 Å². The quantitative estimate of drug-likeness (QED) is 0.219. The number of rotatable bonds is 3. The average Bonchev–Trinajstić information content (AvgIpc) is 2.37. The lowest BCUT2D eigenvalue weighted by Gasteiger charge is -2.39. The van der Waals surface area contributed by atoms with Gasteiger partial charge in [0.15, 0.2) is 5.03 Å². The van der Waals surface area contributed by atoms with Gasteiger partial charge >= 0.3 is 5.82 Å². The first-order valence-electron chi connectivity index (χ1n) is 5.20. The number of nitrogens with zero attached hydrogens (tertiary/aromatic N) is 4. The van der Waals surface area contributed by atoms with Crippen molar-refractivity contribution >= 4 is 5.96 Å². The third-order valence-corrected chi connectivity index (χ3v) is 2.38. The first-order chi connectivity index (χ1) is 9.88. The highest BCUT2D eigenvalue weighted by atomic mass is 16.7. The van der Waals surface area contributed by atoms with Crippen LogP contribution in [0, 0.1) is 30.3 Å². The SMILES string of the molecule is O=[N+]([O-])/N=C1/NNC2NC(=C([N+](=O)[O-])[N+](=O)[O-])NNC2N1. The molecule has 0 radical (unpaired) electrons. The number of hydrazone groups is 1. The van der Waals surface area contributed by atoms with Gasteiger partial charge in [-0.3, -0.25) is 31.1 Å². The molecule has 0 bridgehead atoms. The number of hydrazine groups is 2. The van der Waals surface area contributed by atoms with Gasteiger partial charge in [0.05, 0.1) is 0 Å². The first-order valence-corrected chi connectivity index (χ1v) is 5.20. The van der Waals surface area contributed by atoms with Gasteiger partial charge in [-0.15, -0.1) is 0 Å². The van der Waals surface area contributed by atoms with Crippen molar-refractivity contribution < 1.29 is 14.9 Å². The normalized spacial score (nSPS) is 25.5. The maximum atomic E-state index is 10.6. The highest BCUT2D eigenvalue weighted by Gasteiger charge is 2.40. The van der Waals surface area contributed by atoms with Gasteiger partial charge in [0.25, 0.3) is 11.8 Å². The Morgan fingerprint density at radius 1 is 0.952 bits per heavy atom. The van der Waals surface area contributed by atoms with Crippen LogP contribution in [0.3, 0.4) is 0 Å². The minimum absolute atomic E-state index is 0.214. The molecular formula is C5H8N10O6. The minimum atomic E-state index is -1.28. The van der Waals surface area contributed by atoms with Crippen LogP contribution in [0.25, 0.3) is 0 Å². The van der Waals surface area contributed by atoms with Crippen LogP contribution in [0.15, 0.2) is 16.7 Å². The smallest absolute Gasteiger partial charge is 0.339 e. The van der Waals surface area contributed by atoms with Crippen LogP contribution < -0.4 is 32.3 Å². The molecule has 21 heavy (non-hydrogen) atoms. The molecule has 0 aliphatic carbocycles. The largest absolute Gasteiger partial charge is 0.600 e. The second kappa shape index (κ2) is 5.38. The van der Waals surface area contributed by atoms with Crippen LogP contribution in [0.1, 0.15) is 0 Å². The number of fused-ring (bicyclic) bond motifs is 1. The van der Waals surface area contributed by atoms with E-state index in [9.17, 15) is 30.3 Å². The molecule has 2 unspecified atom stereocenters. The van der Waals surface area contributed by atoms with Crippen LogP contribution >= 0.6 is 0 Å². The van der Waals surface area contributed by atoms with Gasteiger partial charge in [-0.1, -0.05) is 0 Å². The van der Waals surface area contributed by atoms with Crippen molar-refractivity contribution in [2.24, 2.45) is 5.10 Å². The van der Waals surface area contributed by atoms with E-state index in [0.717, 1.165) is 0 Å². The Kier molecular flexibility index (Phi) is 3.63. The van der Waals surface area contributed by atoms with Crippen LogP contribution in [0.2, 0.25) is 0 Å². The molecule has 2 saturated heterocycles. The third kappa shape index (κ3) is 3.01. The third-order valence-electron chi connectivity index (χ3n) is 2.38. The highest BCUT2D eigenvalue weighted by molar-refractivity contribution is 5.79. The summed E-state index contributed by atoms with van der Waals surface area (Å²) in [5.74, 6) is -1.97. The monoisotopic (exact) mass is 304 g/mol. The summed E-state index contributed by atoms with van der Waals surface area (Å²) in [7, 11) is 0. The van der Waals surface area contributed by atoms with Gasteiger partial charge in [-0.05, 0) is 0 Å². The molecule has 2 fully saturated rings. The number of guanidine groups is 1.